The Kier molecular flexibility index (Phi) is 7.42. The highest BCUT2D eigenvalue weighted by Gasteiger charge is 2.21. The second-order valence-corrected chi connectivity index (χ2v) is 10.4. The second kappa shape index (κ2) is 10.5. The SMILES string of the molecule is CCCc1nc2c(C)cc(C(=O)O)cc2n1Cc1ccc(-c2ccccc2S(=O)(=O)NC(=O)CO)cc1. The summed E-state index contributed by atoms with van der Waals surface area (Å²) in [5.41, 5.74) is 4.49. The minimum Gasteiger partial charge on any atom is -0.478 e. The number of fused-ring (bicyclic) bond motifs is 1. The fourth-order valence-corrected chi connectivity index (χ4v) is 5.51. The van der Waals surface area contributed by atoms with Gasteiger partial charge in [-0.1, -0.05) is 49.4 Å². The fourth-order valence-electron chi connectivity index (χ4n) is 4.30. The minimum absolute atomic E-state index is 0.0768. The maximum Gasteiger partial charge on any atom is 0.335 e. The third-order valence-corrected chi connectivity index (χ3v) is 7.45. The Bertz CT molecular complexity index is 1590. The molecule has 0 atom stereocenters. The lowest BCUT2D eigenvalue weighted by atomic mass is 10.0. The van der Waals surface area contributed by atoms with Crippen LogP contribution < -0.4 is 4.72 Å². The lowest BCUT2D eigenvalue weighted by Gasteiger charge is -2.13. The molecule has 4 rings (SSSR count). The Labute approximate surface area is 214 Å². The largest absolute Gasteiger partial charge is 0.478 e. The van der Waals surface area contributed by atoms with Crippen LogP contribution in [0.1, 0.15) is 40.7 Å². The maximum atomic E-state index is 12.7. The summed E-state index contributed by atoms with van der Waals surface area (Å²) >= 11 is 0. The molecule has 0 aliphatic carbocycles. The predicted octanol–water partition coefficient (Wildman–Crippen LogP) is 3.51. The summed E-state index contributed by atoms with van der Waals surface area (Å²) in [5, 5.41) is 18.5. The van der Waals surface area contributed by atoms with Gasteiger partial charge in [0.25, 0.3) is 15.9 Å². The number of hydrogen-bond acceptors (Lipinski definition) is 6. The second-order valence-electron chi connectivity index (χ2n) is 8.71. The van der Waals surface area contributed by atoms with Crippen LogP contribution in [0.2, 0.25) is 0 Å². The molecule has 0 saturated carbocycles. The molecule has 0 aliphatic rings. The highest BCUT2D eigenvalue weighted by atomic mass is 32.2. The molecule has 3 N–H and O–H groups in total. The van der Waals surface area contributed by atoms with Gasteiger partial charge in [0.1, 0.15) is 12.4 Å². The Morgan fingerprint density at radius 3 is 2.41 bits per heavy atom. The molecule has 3 aromatic carbocycles. The number of aromatic carboxylic acids is 1. The van der Waals surface area contributed by atoms with E-state index in [1.165, 1.54) is 6.07 Å². The zero-order chi connectivity index (χ0) is 26.7. The summed E-state index contributed by atoms with van der Waals surface area (Å²) in [4.78, 5) is 27.9. The molecule has 37 heavy (non-hydrogen) atoms. The van der Waals surface area contributed by atoms with Gasteiger partial charge in [-0.25, -0.2) is 22.9 Å². The first-order chi connectivity index (χ1) is 17.6. The van der Waals surface area contributed by atoms with E-state index in [4.69, 9.17) is 10.1 Å². The number of aliphatic hydroxyl groups excluding tert-OH is 1. The Balaban J connectivity index is 1.71. The normalized spacial score (nSPS) is 11.5. The number of benzene rings is 3. The van der Waals surface area contributed by atoms with E-state index in [2.05, 4.69) is 6.92 Å². The quantitative estimate of drug-likeness (QED) is 0.306. The summed E-state index contributed by atoms with van der Waals surface area (Å²) in [5.74, 6) is -1.15. The zero-order valence-electron chi connectivity index (χ0n) is 20.4. The van der Waals surface area contributed by atoms with E-state index in [0.717, 1.165) is 40.8 Å². The molecule has 0 bridgehead atoms. The average molecular weight is 522 g/mol. The summed E-state index contributed by atoms with van der Waals surface area (Å²) < 4.78 is 29.3. The molecule has 1 amide bonds. The molecule has 9 nitrogen and oxygen atoms in total. The number of carbonyl (C=O) groups excluding carboxylic acids is 1. The van der Waals surface area contributed by atoms with Crippen LogP contribution in [0.3, 0.4) is 0 Å². The molecule has 1 aromatic heterocycles. The van der Waals surface area contributed by atoms with Crippen LogP contribution in [-0.2, 0) is 27.8 Å². The number of hydrogen-bond donors (Lipinski definition) is 3. The highest BCUT2D eigenvalue weighted by Crippen LogP contribution is 2.29. The molecule has 10 heteroatoms. The number of imidazole rings is 1. The molecule has 4 aromatic rings. The smallest absolute Gasteiger partial charge is 0.335 e. The molecule has 0 aliphatic heterocycles. The lowest BCUT2D eigenvalue weighted by molar-refractivity contribution is -0.122. The topological polar surface area (TPSA) is 139 Å². The number of rotatable bonds is 9. The fraction of sp³-hybridized carbons (Fsp3) is 0.222. The van der Waals surface area contributed by atoms with Crippen molar-refractivity contribution in [1.29, 1.82) is 0 Å². The van der Waals surface area contributed by atoms with Crippen molar-refractivity contribution in [1.82, 2.24) is 14.3 Å². The summed E-state index contributed by atoms with van der Waals surface area (Å²) in [6.45, 7) is 3.43. The third kappa shape index (κ3) is 5.40. The molecular formula is C27H27N3O6S. The van der Waals surface area contributed by atoms with Gasteiger partial charge in [-0.15, -0.1) is 0 Å². The van der Waals surface area contributed by atoms with Gasteiger partial charge in [-0.3, -0.25) is 4.79 Å². The molecule has 0 radical (unpaired) electrons. The first kappa shape index (κ1) is 26.1. The summed E-state index contributed by atoms with van der Waals surface area (Å²) in [6, 6.07) is 16.9. The number of aromatic nitrogens is 2. The van der Waals surface area contributed by atoms with Gasteiger partial charge in [0.15, 0.2) is 0 Å². The van der Waals surface area contributed by atoms with Gasteiger partial charge in [-0.05, 0) is 48.2 Å². The van der Waals surface area contributed by atoms with Crippen molar-refractivity contribution in [3.8, 4) is 11.1 Å². The number of carbonyl (C=O) groups is 2. The summed E-state index contributed by atoms with van der Waals surface area (Å²) in [7, 11) is -4.17. The van der Waals surface area contributed by atoms with Crippen molar-refractivity contribution in [2.75, 3.05) is 6.61 Å². The Morgan fingerprint density at radius 1 is 1.05 bits per heavy atom. The van der Waals surface area contributed by atoms with Crippen LogP contribution in [0, 0.1) is 6.92 Å². The van der Waals surface area contributed by atoms with Crippen molar-refractivity contribution >= 4 is 32.9 Å². The first-order valence-corrected chi connectivity index (χ1v) is 13.2. The van der Waals surface area contributed by atoms with Crippen LogP contribution in [0.4, 0.5) is 0 Å². The number of amides is 1. The van der Waals surface area contributed by atoms with E-state index in [9.17, 15) is 23.1 Å². The molecular weight excluding hydrogens is 494 g/mol. The highest BCUT2D eigenvalue weighted by molar-refractivity contribution is 7.90. The van der Waals surface area contributed by atoms with Gasteiger partial charge in [0.2, 0.25) is 0 Å². The Morgan fingerprint density at radius 2 is 1.76 bits per heavy atom. The van der Waals surface area contributed by atoms with Crippen molar-refractivity contribution in [3.63, 3.8) is 0 Å². The van der Waals surface area contributed by atoms with E-state index in [1.54, 1.807) is 42.5 Å². The number of aryl methyl sites for hydroxylation is 2. The van der Waals surface area contributed by atoms with E-state index < -0.39 is 28.5 Å². The van der Waals surface area contributed by atoms with Crippen molar-refractivity contribution in [2.24, 2.45) is 0 Å². The molecule has 0 unspecified atom stereocenters. The third-order valence-electron chi connectivity index (χ3n) is 6.02. The molecule has 1 heterocycles. The van der Waals surface area contributed by atoms with Crippen LogP contribution in [0.15, 0.2) is 65.6 Å². The standard InChI is InChI=1S/C27H27N3O6S/c1-3-6-24-28-26-17(2)13-20(27(33)34)14-22(26)30(24)15-18-9-11-19(12-10-18)21-7-4-5-8-23(21)37(35,36)29-25(32)16-31/h4-5,7-14,31H,3,6,15-16H2,1-2H3,(H,29,32)(H,33,34). The van der Waals surface area contributed by atoms with Gasteiger partial charge in [-0.2, -0.15) is 0 Å². The molecule has 0 spiro atoms. The van der Waals surface area contributed by atoms with E-state index in [1.807, 2.05) is 28.3 Å². The number of nitrogens with zero attached hydrogens (tertiary/aromatic N) is 2. The first-order valence-electron chi connectivity index (χ1n) is 11.7. The van der Waals surface area contributed by atoms with Crippen LogP contribution >= 0.6 is 0 Å². The van der Waals surface area contributed by atoms with Crippen molar-refractivity contribution in [3.05, 3.63) is 83.2 Å². The monoisotopic (exact) mass is 521 g/mol. The van der Waals surface area contributed by atoms with Gasteiger partial charge >= 0.3 is 5.97 Å². The molecule has 0 saturated heterocycles. The zero-order valence-corrected chi connectivity index (χ0v) is 21.2. The van der Waals surface area contributed by atoms with Crippen LogP contribution in [0.5, 0.6) is 0 Å². The van der Waals surface area contributed by atoms with Crippen molar-refractivity contribution in [2.45, 2.75) is 38.1 Å². The van der Waals surface area contributed by atoms with Gasteiger partial charge in [0, 0.05) is 18.5 Å². The van der Waals surface area contributed by atoms with Crippen LogP contribution in [0.25, 0.3) is 22.2 Å². The van der Waals surface area contributed by atoms with Gasteiger partial charge < -0.3 is 14.8 Å². The van der Waals surface area contributed by atoms with E-state index in [-0.39, 0.29) is 10.5 Å². The number of carboxylic acids is 1. The number of carboxylic acid groups (broad SMARTS) is 1. The molecule has 0 fully saturated rings. The van der Waals surface area contributed by atoms with E-state index >= 15 is 0 Å². The Hall–Kier alpha value is -4.02. The number of aliphatic hydroxyl groups is 1. The van der Waals surface area contributed by atoms with Crippen LogP contribution in [-0.4, -0.2) is 46.7 Å². The summed E-state index contributed by atoms with van der Waals surface area (Å²) in [6.07, 6.45) is 1.62. The molecule has 192 valence electrons. The lowest BCUT2D eigenvalue weighted by Crippen LogP contribution is -2.32. The van der Waals surface area contributed by atoms with Gasteiger partial charge in [0.05, 0.1) is 21.5 Å². The number of nitrogens with one attached hydrogen (secondary N) is 1. The van der Waals surface area contributed by atoms with Crippen molar-refractivity contribution < 1.29 is 28.2 Å². The number of sulfonamides is 1. The maximum absolute atomic E-state index is 12.7. The van der Waals surface area contributed by atoms with E-state index in [0.29, 0.717) is 17.7 Å². The average Bonchev–Trinajstić information content (AvgIpc) is 3.22. The predicted molar refractivity (Wildman–Crippen MR) is 139 cm³/mol. The minimum atomic E-state index is -4.17.